The summed E-state index contributed by atoms with van der Waals surface area (Å²) in [6.07, 6.45) is 6.46. The van der Waals surface area contributed by atoms with E-state index in [1.54, 1.807) is 18.3 Å². The van der Waals surface area contributed by atoms with Gasteiger partial charge in [-0.2, -0.15) is 24.0 Å². The SMILES string of the molecule is CC(=O)Nc1cc2c(cn1)C1(CC1)CN2c1cc(Oc2ccnnc2)nc(C(C)(F)F)n1. The zero-order valence-corrected chi connectivity index (χ0v) is 17.3. The van der Waals surface area contributed by atoms with Crippen molar-refractivity contribution in [2.24, 2.45) is 0 Å². The molecule has 9 nitrogen and oxygen atoms in total. The number of ether oxygens (including phenoxy) is 1. The van der Waals surface area contributed by atoms with Crippen LogP contribution in [0.15, 0.2) is 36.8 Å². The number of nitrogens with one attached hydrogen (secondary N) is 1. The molecular formula is C21H19F2N7O2. The van der Waals surface area contributed by atoms with Gasteiger partial charge in [-0.3, -0.25) is 4.79 Å². The third-order valence-corrected chi connectivity index (χ3v) is 5.50. The van der Waals surface area contributed by atoms with Crippen molar-refractivity contribution in [3.8, 4) is 11.6 Å². The molecule has 164 valence electrons. The van der Waals surface area contributed by atoms with E-state index in [1.165, 1.54) is 25.4 Å². The van der Waals surface area contributed by atoms with Crippen molar-refractivity contribution in [1.82, 2.24) is 25.1 Å². The molecule has 0 saturated heterocycles. The Balaban J connectivity index is 1.59. The van der Waals surface area contributed by atoms with Crippen LogP contribution in [0.3, 0.4) is 0 Å². The molecule has 1 fully saturated rings. The lowest BCUT2D eigenvalue weighted by Gasteiger charge is -2.21. The molecule has 0 aromatic carbocycles. The van der Waals surface area contributed by atoms with Crippen LogP contribution in [0.1, 0.15) is 38.1 Å². The molecule has 0 atom stereocenters. The van der Waals surface area contributed by atoms with Crippen molar-refractivity contribution in [1.29, 1.82) is 0 Å². The number of halogens is 2. The van der Waals surface area contributed by atoms with Gasteiger partial charge in [-0.25, -0.2) is 9.97 Å². The lowest BCUT2D eigenvalue weighted by molar-refractivity contribution is -0.114. The number of fused-ring (bicyclic) bond motifs is 2. The molecule has 5 rings (SSSR count). The van der Waals surface area contributed by atoms with Gasteiger partial charge in [0, 0.05) is 55.8 Å². The van der Waals surface area contributed by atoms with E-state index in [2.05, 4.69) is 30.5 Å². The first-order chi connectivity index (χ1) is 15.2. The summed E-state index contributed by atoms with van der Waals surface area (Å²) in [5.41, 5.74) is 1.69. The Morgan fingerprint density at radius 3 is 2.69 bits per heavy atom. The predicted molar refractivity (Wildman–Crippen MR) is 110 cm³/mol. The van der Waals surface area contributed by atoms with Gasteiger partial charge in [0.25, 0.3) is 0 Å². The first-order valence-electron chi connectivity index (χ1n) is 10.0. The first-order valence-corrected chi connectivity index (χ1v) is 10.0. The second-order valence-corrected chi connectivity index (χ2v) is 8.09. The maximum Gasteiger partial charge on any atom is 0.304 e. The van der Waals surface area contributed by atoms with Crippen LogP contribution in [0.5, 0.6) is 11.6 Å². The topological polar surface area (TPSA) is 106 Å². The molecule has 2 aliphatic rings. The number of hydrogen-bond donors (Lipinski definition) is 1. The second-order valence-electron chi connectivity index (χ2n) is 8.09. The molecule has 3 aromatic rings. The molecule has 1 spiro atoms. The molecule has 1 aliphatic heterocycles. The summed E-state index contributed by atoms with van der Waals surface area (Å²) in [5.74, 6) is -3.24. The average Bonchev–Trinajstić information content (AvgIpc) is 3.44. The highest BCUT2D eigenvalue weighted by Crippen LogP contribution is 2.58. The van der Waals surface area contributed by atoms with Crippen LogP contribution < -0.4 is 15.0 Å². The van der Waals surface area contributed by atoms with E-state index in [4.69, 9.17) is 4.74 Å². The highest BCUT2D eigenvalue weighted by molar-refractivity contribution is 5.89. The standard InChI is InChI=1S/C21H19F2N7O2/c1-12(31)27-16-7-15-14(10-24-16)21(4-5-21)11-30(15)17-8-18(29-19(28-17)20(2,22)23)32-13-3-6-25-26-9-13/h3,6-10H,4-5,11H2,1-2H3,(H,24,27,31). The molecule has 0 radical (unpaired) electrons. The Hall–Kier alpha value is -3.76. The minimum absolute atomic E-state index is 0.0334. The van der Waals surface area contributed by atoms with Gasteiger partial charge in [-0.05, 0) is 12.8 Å². The van der Waals surface area contributed by atoms with Crippen molar-refractivity contribution < 1.29 is 18.3 Å². The molecule has 1 amide bonds. The summed E-state index contributed by atoms with van der Waals surface area (Å²) in [6.45, 7) is 2.70. The number of pyridine rings is 1. The Morgan fingerprint density at radius 1 is 1.22 bits per heavy atom. The molecule has 32 heavy (non-hydrogen) atoms. The quantitative estimate of drug-likeness (QED) is 0.641. The summed E-state index contributed by atoms with van der Waals surface area (Å²) in [4.78, 5) is 25.7. The monoisotopic (exact) mass is 439 g/mol. The van der Waals surface area contributed by atoms with Crippen LogP contribution in [0.25, 0.3) is 0 Å². The van der Waals surface area contributed by atoms with E-state index in [-0.39, 0.29) is 23.0 Å². The molecule has 11 heteroatoms. The fourth-order valence-corrected chi connectivity index (χ4v) is 3.84. The first kappa shape index (κ1) is 20.2. The van der Waals surface area contributed by atoms with Gasteiger partial charge in [-0.1, -0.05) is 0 Å². The van der Waals surface area contributed by atoms with E-state index >= 15 is 0 Å². The van der Waals surface area contributed by atoms with E-state index in [1.807, 2.05) is 4.90 Å². The number of rotatable bonds is 5. The molecule has 0 unspecified atom stereocenters. The van der Waals surface area contributed by atoms with Crippen LogP contribution in [0.2, 0.25) is 0 Å². The summed E-state index contributed by atoms with van der Waals surface area (Å²) in [6, 6.07) is 4.80. The second kappa shape index (κ2) is 7.14. The number of anilines is 3. The Labute approximate surface area is 181 Å². The molecular weight excluding hydrogens is 420 g/mol. The van der Waals surface area contributed by atoms with E-state index < -0.39 is 11.7 Å². The molecule has 1 saturated carbocycles. The molecule has 0 bridgehead atoms. The van der Waals surface area contributed by atoms with Crippen LogP contribution in [-0.4, -0.2) is 37.6 Å². The van der Waals surface area contributed by atoms with Gasteiger partial charge in [-0.15, -0.1) is 0 Å². The van der Waals surface area contributed by atoms with Crippen LogP contribution in [-0.2, 0) is 16.1 Å². The lowest BCUT2D eigenvalue weighted by atomic mass is 10.0. The number of hydrogen-bond acceptors (Lipinski definition) is 8. The fraction of sp³-hybridized carbons (Fsp3) is 0.333. The minimum Gasteiger partial charge on any atom is -0.437 e. The number of aromatic nitrogens is 5. The number of nitrogens with zero attached hydrogens (tertiary/aromatic N) is 6. The third kappa shape index (κ3) is 3.70. The maximum atomic E-state index is 14.2. The Bertz CT molecular complexity index is 1200. The van der Waals surface area contributed by atoms with Crippen molar-refractivity contribution in [2.75, 3.05) is 16.8 Å². The minimum atomic E-state index is -3.27. The Morgan fingerprint density at radius 2 is 2.03 bits per heavy atom. The zero-order valence-electron chi connectivity index (χ0n) is 17.3. The van der Waals surface area contributed by atoms with Crippen LogP contribution >= 0.6 is 0 Å². The molecule has 4 heterocycles. The third-order valence-electron chi connectivity index (χ3n) is 5.50. The number of carbonyl (C=O) groups excluding carboxylic acids is 1. The summed E-state index contributed by atoms with van der Waals surface area (Å²) < 4.78 is 34.1. The molecule has 1 N–H and O–H groups in total. The van der Waals surface area contributed by atoms with Gasteiger partial charge < -0.3 is 15.0 Å². The predicted octanol–water partition coefficient (Wildman–Crippen LogP) is 3.71. The van der Waals surface area contributed by atoms with Crippen molar-refractivity contribution in [2.45, 2.75) is 38.0 Å². The maximum absolute atomic E-state index is 14.2. The number of amides is 1. The molecule has 1 aliphatic carbocycles. The van der Waals surface area contributed by atoms with Gasteiger partial charge in [0.15, 0.2) is 5.75 Å². The lowest BCUT2D eigenvalue weighted by Crippen LogP contribution is -2.22. The van der Waals surface area contributed by atoms with Gasteiger partial charge >= 0.3 is 5.92 Å². The average molecular weight is 439 g/mol. The highest BCUT2D eigenvalue weighted by atomic mass is 19.3. The van der Waals surface area contributed by atoms with Crippen molar-refractivity contribution >= 4 is 23.2 Å². The normalized spacial score (nSPS) is 16.1. The van der Waals surface area contributed by atoms with Crippen LogP contribution in [0.4, 0.5) is 26.1 Å². The van der Waals surface area contributed by atoms with Crippen molar-refractivity contribution in [3.63, 3.8) is 0 Å². The van der Waals surface area contributed by atoms with E-state index in [0.29, 0.717) is 18.1 Å². The summed E-state index contributed by atoms with van der Waals surface area (Å²) in [7, 11) is 0. The zero-order chi connectivity index (χ0) is 22.5. The smallest absolute Gasteiger partial charge is 0.304 e. The van der Waals surface area contributed by atoms with Gasteiger partial charge in [0.1, 0.15) is 11.6 Å². The highest BCUT2D eigenvalue weighted by Gasteiger charge is 2.53. The number of carbonyl (C=O) groups is 1. The van der Waals surface area contributed by atoms with Gasteiger partial charge in [0.05, 0.1) is 18.1 Å². The van der Waals surface area contributed by atoms with Crippen LogP contribution in [0, 0.1) is 0 Å². The Kier molecular flexibility index (Phi) is 4.50. The largest absolute Gasteiger partial charge is 0.437 e. The van der Waals surface area contributed by atoms with E-state index in [0.717, 1.165) is 31.0 Å². The van der Waals surface area contributed by atoms with Crippen molar-refractivity contribution in [3.05, 3.63) is 48.2 Å². The van der Waals surface area contributed by atoms with Gasteiger partial charge in [0.2, 0.25) is 17.6 Å². The van der Waals surface area contributed by atoms with E-state index in [9.17, 15) is 13.6 Å². The summed E-state index contributed by atoms with van der Waals surface area (Å²) >= 11 is 0. The summed E-state index contributed by atoms with van der Waals surface area (Å²) in [5, 5.41) is 10.1. The fourth-order valence-electron chi connectivity index (χ4n) is 3.84. The number of alkyl halides is 2. The molecule has 3 aromatic heterocycles.